The summed E-state index contributed by atoms with van der Waals surface area (Å²) < 4.78 is 5.09. The molecular weight excluding hydrogens is 465 g/mol. The summed E-state index contributed by atoms with van der Waals surface area (Å²) in [5.41, 5.74) is 1.04. The fourth-order valence-electron chi connectivity index (χ4n) is 5.28. The van der Waals surface area contributed by atoms with E-state index in [1.807, 2.05) is 19.1 Å². The van der Waals surface area contributed by atoms with Gasteiger partial charge in [0.05, 0.1) is 23.3 Å². The zero-order chi connectivity index (χ0) is 23.8. The Kier molecular flexibility index (Phi) is 7.44. The van der Waals surface area contributed by atoms with Crippen molar-refractivity contribution in [2.24, 2.45) is 5.41 Å². The first-order chi connectivity index (χ1) is 15.7. The molecule has 0 aromatic heterocycles. The maximum absolute atomic E-state index is 13.1. The fourth-order valence-corrected chi connectivity index (χ4v) is 5.57. The van der Waals surface area contributed by atoms with Gasteiger partial charge in [0.25, 0.3) is 0 Å². The van der Waals surface area contributed by atoms with Crippen LogP contribution in [0, 0.1) is 5.41 Å². The number of aliphatic hydroxyl groups is 1. The second-order valence-corrected chi connectivity index (χ2v) is 10.5. The Balaban J connectivity index is 1.44. The van der Waals surface area contributed by atoms with Crippen LogP contribution in [0.3, 0.4) is 0 Å². The highest BCUT2D eigenvalue weighted by molar-refractivity contribution is 6.42. The standard InChI is InChI=1S/C24H33Cl2N3O4/c1-16-14-29(22(31)6-11-28(16)17-3-4-18(25)19(26)13-17)20(23(32)33-2)5-10-27-12-9-24(7-8-24)21(30)15-27/h3-4,13,16,20-21,30H,5-12,14-15H2,1-2H3. The molecule has 1 aromatic rings. The number of piperidine rings is 1. The van der Waals surface area contributed by atoms with Crippen LogP contribution in [0.15, 0.2) is 18.2 Å². The Hall–Kier alpha value is -1.54. The van der Waals surface area contributed by atoms with Crippen molar-refractivity contribution in [3.8, 4) is 0 Å². The van der Waals surface area contributed by atoms with Gasteiger partial charge in [-0.25, -0.2) is 4.79 Å². The quantitative estimate of drug-likeness (QED) is 0.608. The third kappa shape index (κ3) is 5.26. The number of halogens is 2. The van der Waals surface area contributed by atoms with Crippen molar-refractivity contribution in [1.82, 2.24) is 9.80 Å². The molecule has 2 heterocycles. The minimum absolute atomic E-state index is 0.0209. The minimum Gasteiger partial charge on any atom is -0.467 e. The molecule has 3 atom stereocenters. The molecule has 182 valence electrons. The molecule has 1 aromatic carbocycles. The van der Waals surface area contributed by atoms with Gasteiger partial charge in [-0.2, -0.15) is 0 Å². The molecule has 9 heteroatoms. The average Bonchev–Trinajstić information content (AvgIpc) is 3.59. The molecule has 33 heavy (non-hydrogen) atoms. The van der Waals surface area contributed by atoms with Gasteiger partial charge in [0.1, 0.15) is 6.04 Å². The minimum atomic E-state index is -0.646. The molecule has 3 unspecified atom stereocenters. The summed E-state index contributed by atoms with van der Waals surface area (Å²) in [5, 5.41) is 11.5. The first-order valence-corrected chi connectivity index (χ1v) is 12.5. The molecule has 1 N–H and O–H groups in total. The molecule has 1 aliphatic carbocycles. The van der Waals surface area contributed by atoms with Gasteiger partial charge in [-0.3, -0.25) is 4.79 Å². The number of aliphatic hydroxyl groups excluding tert-OH is 1. The SMILES string of the molecule is COC(=O)C(CCN1CCC2(CC2)C(O)C1)N1CC(C)N(c2ccc(Cl)c(Cl)c2)CCC1=O. The van der Waals surface area contributed by atoms with E-state index in [4.69, 9.17) is 27.9 Å². The highest BCUT2D eigenvalue weighted by Crippen LogP contribution is 2.53. The molecule has 1 spiro atoms. The largest absolute Gasteiger partial charge is 0.467 e. The highest BCUT2D eigenvalue weighted by Gasteiger charge is 2.51. The van der Waals surface area contributed by atoms with E-state index in [0.717, 1.165) is 31.5 Å². The van der Waals surface area contributed by atoms with E-state index in [1.54, 1.807) is 11.0 Å². The lowest BCUT2D eigenvalue weighted by molar-refractivity contribution is -0.153. The second kappa shape index (κ2) is 9.98. The van der Waals surface area contributed by atoms with Crippen molar-refractivity contribution in [2.75, 3.05) is 44.7 Å². The van der Waals surface area contributed by atoms with Crippen molar-refractivity contribution in [3.05, 3.63) is 28.2 Å². The number of methoxy groups -OCH3 is 1. The smallest absolute Gasteiger partial charge is 0.328 e. The Bertz CT molecular complexity index is 894. The summed E-state index contributed by atoms with van der Waals surface area (Å²) in [6.07, 6.45) is 3.70. The Labute approximate surface area is 205 Å². The number of esters is 1. The maximum Gasteiger partial charge on any atom is 0.328 e. The van der Waals surface area contributed by atoms with Crippen molar-refractivity contribution in [1.29, 1.82) is 0 Å². The van der Waals surface area contributed by atoms with E-state index < -0.39 is 12.0 Å². The first-order valence-electron chi connectivity index (χ1n) is 11.7. The monoisotopic (exact) mass is 497 g/mol. The lowest BCUT2D eigenvalue weighted by Crippen LogP contribution is -2.51. The van der Waals surface area contributed by atoms with E-state index in [9.17, 15) is 14.7 Å². The maximum atomic E-state index is 13.1. The molecule has 1 saturated carbocycles. The fraction of sp³-hybridized carbons (Fsp3) is 0.667. The molecule has 3 fully saturated rings. The van der Waals surface area contributed by atoms with E-state index in [0.29, 0.717) is 49.1 Å². The van der Waals surface area contributed by atoms with Gasteiger partial charge < -0.3 is 24.5 Å². The van der Waals surface area contributed by atoms with Crippen LogP contribution in [0.2, 0.25) is 10.0 Å². The number of anilines is 1. The van der Waals surface area contributed by atoms with Crippen LogP contribution in [0.5, 0.6) is 0 Å². The number of benzene rings is 1. The van der Waals surface area contributed by atoms with Crippen molar-refractivity contribution in [3.63, 3.8) is 0 Å². The molecule has 0 radical (unpaired) electrons. The summed E-state index contributed by atoms with van der Waals surface area (Å²) in [4.78, 5) is 31.8. The highest BCUT2D eigenvalue weighted by atomic mass is 35.5. The second-order valence-electron chi connectivity index (χ2n) is 9.69. The Morgan fingerprint density at radius 3 is 2.61 bits per heavy atom. The first kappa shape index (κ1) is 24.6. The van der Waals surface area contributed by atoms with Crippen LogP contribution < -0.4 is 4.90 Å². The molecule has 7 nitrogen and oxygen atoms in total. The normalized spacial score (nSPS) is 26.3. The Morgan fingerprint density at radius 1 is 1.21 bits per heavy atom. The molecule has 0 bridgehead atoms. The van der Waals surface area contributed by atoms with Gasteiger partial charge in [-0.15, -0.1) is 0 Å². The summed E-state index contributed by atoms with van der Waals surface area (Å²) in [6.45, 7) is 5.16. The van der Waals surface area contributed by atoms with Crippen molar-refractivity contribution >= 4 is 40.8 Å². The number of carbonyl (C=O) groups excluding carboxylic acids is 2. The molecule has 3 aliphatic rings. The van der Waals surface area contributed by atoms with E-state index >= 15 is 0 Å². The summed E-state index contributed by atoms with van der Waals surface area (Å²) in [6, 6.07) is 4.80. The van der Waals surface area contributed by atoms with Crippen LogP contribution in [-0.4, -0.2) is 84.8 Å². The molecule has 2 aliphatic heterocycles. The molecule has 4 rings (SSSR count). The summed E-state index contributed by atoms with van der Waals surface area (Å²) in [5.74, 6) is -0.454. The third-order valence-corrected chi connectivity index (χ3v) is 8.38. The lowest BCUT2D eigenvalue weighted by atomic mass is 9.90. The number of carbonyl (C=O) groups is 2. The zero-order valence-corrected chi connectivity index (χ0v) is 20.8. The number of hydrogen-bond acceptors (Lipinski definition) is 6. The van der Waals surface area contributed by atoms with Gasteiger partial charge >= 0.3 is 5.97 Å². The summed E-state index contributed by atoms with van der Waals surface area (Å²) >= 11 is 12.3. The summed E-state index contributed by atoms with van der Waals surface area (Å²) in [7, 11) is 1.37. The van der Waals surface area contributed by atoms with Crippen LogP contribution in [0.4, 0.5) is 5.69 Å². The average molecular weight is 498 g/mol. The number of nitrogens with zero attached hydrogens (tertiary/aromatic N) is 3. The lowest BCUT2D eigenvalue weighted by Gasteiger charge is -2.38. The molecular formula is C24H33Cl2N3O4. The van der Waals surface area contributed by atoms with Crippen LogP contribution >= 0.6 is 23.2 Å². The molecule has 1 amide bonds. The number of likely N-dealkylation sites (tertiary alicyclic amines) is 1. The van der Waals surface area contributed by atoms with Gasteiger partial charge in [-0.05, 0) is 62.8 Å². The third-order valence-electron chi connectivity index (χ3n) is 7.64. The number of β-amino-alcohol motifs (C(OH)–C–C–N with tert-alkyl or cyclic N) is 1. The number of amides is 1. The Morgan fingerprint density at radius 2 is 1.97 bits per heavy atom. The zero-order valence-electron chi connectivity index (χ0n) is 19.3. The van der Waals surface area contributed by atoms with E-state index in [1.165, 1.54) is 7.11 Å². The van der Waals surface area contributed by atoms with Gasteiger partial charge in [0.15, 0.2) is 0 Å². The number of rotatable bonds is 6. The topological polar surface area (TPSA) is 73.3 Å². The van der Waals surface area contributed by atoms with Crippen LogP contribution in [0.25, 0.3) is 0 Å². The van der Waals surface area contributed by atoms with Gasteiger partial charge in [-0.1, -0.05) is 23.2 Å². The number of ether oxygens (including phenoxy) is 1. The van der Waals surface area contributed by atoms with Crippen LogP contribution in [0.1, 0.15) is 39.0 Å². The van der Waals surface area contributed by atoms with E-state index in [-0.39, 0.29) is 23.5 Å². The molecule has 2 saturated heterocycles. The van der Waals surface area contributed by atoms with Gasteiger partial charge in [0, 0.05) is 44.3 Å². The van der Waals surface area contributed by atoms with Crippen molar-refractivity contribution in [2.45, 2.75) is 57.2 Å². The number of hydrogen-bond donors (Lipinski definition) is 1. The van der Waals surface area contributed by atoms with E-state index in [2.05, 4.69) is 9.80 Å². The predicted molar refractivity (Wildman–Crippen MR) is 129 cm³/mol. The predicted octanol–water partition coefficient (Wildman–Crippen LogP) is 3.20. The van der Waals surface area contributed by atoms with Crippen molar-refractivity contribution < 1.29 is 19.4 Å². The van der Waals surface area contributed by atoms with Crippen LogP contribution in [-0.2, 0) is 14.3 Å². The van der Waals surface area contributed by atoms with Gasteiger partial charge in [0.2, 0.25) is 5.91 Å².